The highest BCUT2D eigenvalue weighted by Crippen LogP contribution is 2.55. The third-order valence-corrected chi connectivity index (χ3v) is 5.59. The summed E-state index contributed by atoms with van der Waals surface area (Å²) in [5, 5.41) is 9.38. The fraction of sp³-hybridized carbons (Fsp3) is 0.300. The zero-order valence-corrected chi connectivity index (χ0v) is 15.2. The fourth-order valence-electron chi connectivity index (χ4n) is 3.97. The largest absolute Gasteiger partial charge is 0.337 e. The lowest BCUT2D eigenvalue weighted by atomic mass is 9.99. The first-order valence-electron chi connectivity index (χ1n) is 9.32. The number of nitrogens with one attached hydrogen (secondary N) is 2. The van der Waals surface area contributed by atoms with Crippen molar-refractivity contribution in [2.75, 3.05) is 6.54 Å². The van der Waals surface area contributed by atoms with Gasteiger partial charge in [-0.2, -0.15) is 5.10 Å². The number of carbonyl (C=O) groups excluding carboxylic acids is 2. The predicted octanol–water partition coefficient (Wildman–Crippen LogP) is 2.86. The van der Waals surface area contributed by atoms with E-state index in [-0.39, 0.29) is 29.9 Å². The molecule has 2 aliphatic rings. The summed E-state index contributed by atoms with van der Waals surface area (Å²) in [7, 11) is 0. The second-order valence-corrected chi connectivity index (χ2v) is 7.39. The third-order valence-electron chi connectivity index (χ3n) is 5.59. The van der Waals surface area contributed by atoms with Crippen LogP contribution in [-0.4, -0.2) is 33.1 Å². The average molecular weight is 397 g/mol. The standard InChI is InChI=1S/C20H17F2N5O2/c21-17(22)11-3-1-10(2-4-11)12-7-13(12)14-8-16(26-27-6-5-23-18(14)27)15-9-24-20(29)25-19(15)28/h1-6,8,12-13,15,17H,7,9H2,(H2,24,25,28,29)/t12-,13+,15?/m1/s1. The predicted molar refractivity (Wildman–Crippen MR) is 98.8 cm³/mol. The Hall–Kier alpha value is -3.36. The Morgan fingerprint density at radius 2 is 1.93 bits per heavy atom. The minimum Gasteiger partial charge on any atom is -0.337 e. The van der Waals surface area contributed by atoms with Crippen LogP contribution in [0.2, 0.25) is 0 Å². The van der Waals surface area contributed by atoms with Crippen LogP contribution in [0.25, 0.3) is 5.65 Å². The maximum atomic E-state index is 12.8. The second-order valence-electron chi connectivity index (χ2n) is 7.39. The smallest absolute Gasteiger partial charge is 0.321 e. The number of hydrogen-bond acceptors (Lipinski definition) is 4. The maximum Gasteiger partial charge on any atom is 0.321 e. The van der Waals surface area contributed by atoms with Gasteiger partial charge < -0.3 is 5.32 Å². The molecule has 3 amide bonds. The van der Waals surface area contributed by atoms with Crippen molar-refractivity contribution in [3.63, 3.8) is 0 Å². The first kappa shape index (κ1) is 17.7. The van der Waals surface area contributed by atoms with E-state index in [4.69, 9.17) is 0 Å². The Labute approximate surface area is 164 Å². The van der Waals surface area contributed by atoms with Gasteiger partial charge in [-0.1, -0.05) is 24.3 Å². The molecule has 3 atom stereocenters. The molecule has 3 aromatic rings. The Bertz CT molecular complexity index is 1110. The van der Waals surface area contributed by atoms with Gasteiger partial charge in [-0.25, -0.2) is 23.1 Å². The van der Waals surface area contributed by atoms with E-state index in [0.717, 1.165) is 17.5 Å². The van der Waals surface area contributed by atoms with Crippen LogP contribution >= 0.6 is 0 Å². The molecule has 0 bridgehead atoms. The zero-order chi connectivity index (χ0) is 20.1. The van der Waals surface area contributed by atoms with Crippen molar-refractivity contribution in [1.29, 1.82) is 0 Å². The molecule has 1 aliphatic heterocycles. The number of fused-ring (bicyclic) bond motifs is 1. The summed E-state index contributed by atoms with van der Waals surface area (Å²) in [5.74, 6) is -0.597. The molecule has 7 nitrogen and oxygen atoms in total. The molecule has 1 unspecified atom stereocenters. The van der Waals surface area contributed by atoms with Gasteiger partial charge in [0.05, 0.1) is 11.6 Å². The molecular formula is C20H17F2N5O2. The molecule has 0 radical (unpaired) electrons. The van der Waals surface area contributed by atoms with Crippen LogP contribution < -0.4 is 10.6 Å². The van der Waals surface area contributed by atoms with Gasteiger partial charge in [-0.15, -0.1) is 0 Å². The molecule has 9 heteroatoms. The van der Waals surface area contributed by atoms with Crippen LogP contribution in [0, 0.1) is 0 Å². The quantitative estimate of drug-likeness (QED) is 0.709. The highest BCUT2D eigenvalue weighted by Gasteiger charge is 2.42. The molecule has 5 rings (SSSR count). The molecule has 1 aliphatic carbocycles. The normalized spacial score (nSPS) is 23.9. The number of urea groups is 1. The second kappa shape index (κ2) is 6.61. The van der Waals surface area contributed by atoms with E-state index in [1.54, 1.807) is 29.0 Å². The number of amides is 3. The Morgan fingerprint density at radius 1 is 1.14 bits per heavy atom. The number of carbonyl (C=O) groups is 2. The van der Waals surface area contributed by atoms with Crippen LogP contribution in [0.15, 0.2) is 42.7 Å². The van der Waals surface area contributed by atoms with E-state index in [1.807, 2.05) is 6.07 Å². The van der Waals surface area contributed by atoms with Crippen molar-refractivity contribution >= 4 is 17.6 Å². The number of alkyl halides is 2. The Kier molecular flexibility index (Phi) is 4.04. The fourth-order valence-corrected chi connectivity index (χ4v) is 3.97. The van der Waals surface area contributed by atoms with Gasteiger partial charge in [0, 0.05) is 30.1 Å². The van der Waals surface area contributed by atoms with Crippen molar-refractivity contribution in [1.82, 2.24) is 25.2 Å². The molecule has 2 N–H and O–H groups in total. The molecule has 0 spiro atoms. The summed E-state index contributed by atoms with van der Waals surface area (Å²) in [6.07, 6.45) is 1.76. The lowest BCUT2D eigenvalue weighted by molar-refractivity contribution is -0.122. The molecule has 148 valence electrons. The molecule has 1 saturated heterocycles. The number of nitrogens with zero attached hydrogens (tertiary/aromatic N) is 3. The van der Waals surface area contributed by atoms with Gasteiger partial charge >= 0.3 is 6.03 Å². The summed E-state index contributed by atoms with van der Waals surface area (Å²) in [4.78, 5) is 28.0. The van der Waals surface area contributed by atoms with Crippen LogP contribution in [0.4, 0.5) is 13.6 Å². The minimum atomic E-state index is -2.48. The van der Waals surface area contributed by atoms with E-state index in [1.165, 1.54) is 12.1 Å². The monoisotopic (exact) mass is 397 g/mol. The molecule has 2 aromatic heterocycles. The Morgan fingerprint density at radius 3 is 2.66 bits per heavy atom. The topological polar surface area (TPSA) is 88.4 Å². The SMILES string of the molecule is O=C1NCC(c2cc([C@H]3C[C@@H]3c3ccc(C(F)F)cc3)c3nccn3n2)C(=O)N1. The molecule has 2 fully saturated rings. The lowest BCUT2D eigenvalue weighted by Crippen LogP contribution is -2.51. The first-order valence-corrected chi connectivity index (χ1v) is 9.32. The third kappa shape index (κ3) is 3.12. The highest BCUT2D eigenvalue weighted by molar-refractivity contribution is 6.00. The molecule has 29 heavy (non-hydrogen) atoms. The van der Waals surface area contributed by atoms with E-state index in [9.17, 15) is 18.4 Å². The summed E-state index contributed by atoms with van der Waals surface area (Å²) in [6.45, 7) is 0.181. The van der Waals surface area contributed by atoms with Crippen LogP contribution in [0.3, 0.4) is 0 Å². The van der Waals surface area contributed by atoms with Gasteiger partial charge in [-0.05, 0) is 29.9 Å². The van der Waals surface area contributed by atoms with Gasteiger partial charge in [0.15, 0.2) is 5.65 Å². The number of rotatable bonds is 4. The minimum absolute atomic E-state index is 0.0122. The van der Waals surface area contributed by atoms with Gasteiger partial charge in [0.2, 0.25) is 5.91 Å². The van der Waals surface area contributed by atoms with E-state index in [0.29, 0.717) is 11.3 Å². The lowest BCUT2D eigenvalue weighted by Gasteiger charge is -2.22. The van der Waals surface area contributed by atoms with Crippen molar-refractivity contribution in [3.05, 3.63) is 65.1 Å². The van der Waals surface area contributed by atoms with Crippen LogP contribution in [0.1, 0.15) is 53.0 Å². The molecular weight excluding hydrogens is 380 g/mol. The van der Waals surface area contributed by atoms with Crippen LogP contribution in [0.5, 0.6) is 0 Å². The summed E-state index contributed by atoms with van der Waals surface area (Å²) in [5.41, 5.74) is 3.25. The average Bonchev–Trinajstić information content (AvgIpc) is 3.36. The molecule has 1 aromatic carbocycles. The Balaban J connectivity index is 1.47. The molecule has 3 heterocycles. The van der Waals surface area contributed by atoms with E-state index in [2.05, 4.69) is 20.7 Å². The van der Waals surface area contributed by atoms with Crippen molar-refractivity contribution < 1.29 is 18.4 Å². The van der Waals surface area contributed by atoms with E-state index < -0.39 is 18.4 Å². The number of hydrogen-bond donors (Lipinski definition) is 2. The number of aromatic nitrogens is 3. The van der Waals surface area contributed by atoms with Crippen molar-refractivity contribution in [3.8, 4) is 0 Å². The number of imide groups is 1. The summed E-state index contributed by atoms with van der Waals surface area (Å²) >= 11 is 0. The first-order chi connectivity index (χ1) is 14.0. The zero-order valence-electron chi connectivity index (χ0n) is 15.2. The van der Waals surface area contributed by atoms with Gasteiger partial charge in [0.1, 0.15) is 0 Å². The number of benzene rings is 1. The number of halogens is 2. The van der Waals surface area contributed by atoms with Gasteiger partial charge in [-0.3, -0.25) is 10.1 Å². The summed E-state index contributed by atoms with van der Waals surface area (Å²) in [6, 6.07) is 7.80. The number of imidazole rings is 1. The van der Waals surface area contributed by atoms with Gasteiger partial charge in [0.25, 0.3) is 6.43 Å². The maximum absolute atomic E-state index is 12.8. The van der Waals surface area contributed by atoms with Crippen molar-refractivity contribution in [2.24, 2.45) is 0 Å². The van der Waals surface area contributed by atoms with Crippen LogP contribution in [-0.2, 0) is 4.79 Å². The van der Waals surface area contributed by atoms with Crippen molar-refractivity contribution in [2.45, 2.75) is 30.6 Å². The summed E-state index contributed by atoms with van der Waals surface area (Å²) < 4.78 is 27.2. The molecule has 1 saturated carbocycles. The highest BCUT2D eigenvalue weighted by atomic mass is 19.3. The van der Waals surface area contributed by atoms with E-state index >= 15 is 0 Å².